The van der Waals surface area contributed by atoms with Crippen molar-refractivity contribution in [1.82, 2.24) is 4.90 Å². The van der Waals surface area contributed by atoms with E-state index in [-0.39, 0.29) is 11.3 Å². The zero-order valence-electron chi connectivity index (χ0n) is 8.55. The summed E-state index contributed by atoms with van der Waals surface area (Å²) in [6, 6.07) is 9.77. The fourth-order valence-corrected chi connectivity index (χ4v) is 2.62. The lowest BCUT2D eigenvalue weighted by Crippen LogP contribution is -2.55. The van der Waals surface area contributed by atoms with Gasteiger partial charge in [-0.05, 0) is 16.7 Å². The third-order valence-electron chi connectivity index (χ3n) is 2.60. The molecule has 1 saturated heterocycles. The first kappa shape index (κ1) is 10.5. The predicted molar refractivity (Wildman–Crippen MR) is 59.5 cm³/mol. The summed E-state index contributed by atoms with van der Waals surface area (Å²) in [6.07, 6.45) is 2.07. The van der Waals surface area contributed by atoms with Crippen LogP contribution in [-0.2, 0) is 22.5 Å². The Hall–Kier alpha value is -1.00. The second-order valence-corrected chi connectivity index (χ2v) is 5.21. The van der Waals surface area contributed by atoms with Crippen molar-refractivity contribution in [3.63, 3.8) is 0 Å². The van der Waals surface area contributed by atoms with Crippen LogP contribution in [0.4, 0.5) is 0 Å². The maximum atomic E-state index is 11.3. The van der Waals surface area contributed by atoms with E-state index in [2.05, 4.69) is 0 Å². The van der Waals surface area contributed by atoms with Gasteiger partial charge in [0.25, 0.3) is 0 Å². The van der Waals surface area contributed by atoms with Gasteiger partial charge in [0.1, 0.15) is 0 Å². The quantitative estimate of drug-likeness (QED) is 0.569. The molecule has 1 aromatic rings. The van der Waals surface area contributed by atoms with Crippen molar-refractivity contribution in [2.75, 3.05) is 6.26 Å². The Morgan fingerprint density at radius 3 is 2.67 bits per heavy atom. The highest BCUT2D eigenvalue weighted by Gasteiger charge is 2.42. The molecule has 0 radical (unpaired) electrons. The summed E-state index contributed by atoms with van der Waals surface area (Å²) in [7, 11) is 0. The van der Waals surface area contributed by atoms with Crippen LogP contribution in [0.15, 0.2) is 30.3 Å². The van der Waals surface area contributed by atoms with Gasteiger partial charge in [-0.3, -0.25) is 9.69 Å². The number of β-lactam (4-membered cyclic amide) rings is 1. The lowest BCUT2D eigenvalue weighted by Gasteiger charge is -2.39. The second kappa shape index (κ2) is 4.24. The molecule has 0 aliphatic carbocycles. The first-order valence-corrected chi connectivity index (χ1v) is 6.46. The van der Waals surface area contributed by atoms with E-state index in [0.29, 0.717) is 13.0 Å². The lowest BCUT2D eigenvalue weighted by atomic mass is 10.1. The molecule has 1 fully saturated rings. The van der Waals surface area contributed by atoms with Crippen LogP contribution in [0, 0.1) is 0 Å². The standard InChI is InChI=1S/C11H13NO2S/c1-15(14)11-7-10(13)12(11)8-9-5-3-2-4-6-9/h2-6,11H,7-8H2,1H3. The average Bonchev–Trinajstić information content (AvgIpc) is 2.23. The first-order valence-electron chi connectivity index (χ1n) is 4.84. The van der Waals surface area contributed by atoms with E-state index >= 15 is 0 Å². The largest absolute Gasteiger partial charge is 0.615 e. The summed E-state index contributed by atoms with van der Waals surface area (Å²) < 4.78 is 11.3. The summed E-state index contributed by atoms with van der Waals surface area (Å²) in [4.78, 5) is 13.0. The molecular formula is C11H13NO2S. The maximum absolute atomic E-state index is 11.3. The van der Waals surface area contributed by atoms with Crippen LogP contribution in [0.25, 0.3) is 0 Å². The molecular weight excluding hydrogens is 210 g/mol. The maximum Gasteiger partial charge on any atom is 0.233 e. The van der Waals surface area contributed by atoms with Gasteiger partial charge < -0.3 is 4.55 Å². The van der Waals surface area contributed by atoms with Gasteiger partial charge >= 0.3 is 0 Å². The number of rotatable bonds is 3. The van der Waals surface area contributed by atoms with Gasteiger partial charge in [-0.1, -0.05) is 30.3 Å². The van der Waals surface area contributed by atoms with Crippen LogP contribution in [0.1, 0.15) is 12.0 Å². The van der Waals surface area contributed by atoms with Gasteiger partial charge in [0.05, 0.1) is 19.2 Å². The molecule has 0 bridgehead atoms. The Balaban J connectivity index is 2.02. The van der Waals surface area contributed by atoms with Crippen molar-refractivity contribution >= 4 is 17.1 Å². The summed E-state index contributed by atoms with van der Waals surface area (Å²) in [5.74, 6) is 0.0963. The number of amides is 1. The average molecular weight is 223 g/mol. The molecule has 1 heterocycles. The van der Waals surface area contributed by atoms with E-state index in [1.807, 2.05) is 30.3 Å². The third-order valence-corrected chi connectivity index (χ3v) is 3.78. The van der Waals surface area contributed by atoms with Crippen molar-refractivity contribution in [1.29, 1.82) is 0 Å². The fraction of sp³-hybridized carbons (Fsp3) is 0.364. The second-order valence-electron chi connectivity index (χ2n) is 3.66. The normalized spacial score (nSPS) is 22.4. The molecule has 1 amide bonds. The minimum Gasteiger partial charge on any atom is -0.615 e. The van der Waals surface area contributed by atoms with Gasteiger partial charge in [-0.25, -0.2) is 0 Å². The van der Waals surface area contributed by atoms with Gasteiger partial charge in [-0.2, -0.15) is 0 Å². The Morgan fingerprint density at radius 2 is 2.13 bits per heavy atom. The number of hydrogen-bond donors (Lipinski definition) is 0. The summed E-state index contributed by atoms with van der Waals surface area (Å²) in [6.45, 7) is 0.573. The van der Waals surface area contributed by atoms with Crippen LogP contribution in [-0.4, -0.2) is 27.0 Å². The van der Waals surface area contributed by atoms with Crippen LogP contribution in [0.3, 0.4) is 0 Å². The molecule has 1 aliphatic heterocycles. The topological polar surface area (TPSA) is 43.4 Å². The molecule has 0 spiro atoms. The summed E-state index contributed by atoms with van der Waals surface area (Å²) >= 11 is -0.943. The molecule has 15 heavy (non-hydrogen) atoms. The lowest BCUT2D eigenvalue weighted by molar-refractivity contribution is -0.142. The molecule has 4 heteroatoms. The first-order chi connectivity index (χ1) is 7.18. The van der Waals surface area contributed by atoms with E-state index in [1.165, 1.54) is 0 Å². The van der Waals surface area contributed by atoms with Crippen molar-refractivity contribution in [3.05, 3.63) is 35.9 Å². The molecule has 2 atom stereocenters. The number of benzene rings is 1. The van der Waals surface area contributed by atoms with E-state index in [0.717, 1.165) is 5.56 Å². The molecule has 0 N–H and O–H groups in total. The zero-order valence-corrected chi connectivity index (χ0v) is 9.37. The highest BCUT2D eigenvalue weighted by Crippen LogP contribution is 2.25. The van der Waals surface area contributed by atoms with Crippen LogP contribution < -0.4 is 0 Å². The smallest absolute Gasteiger partial charge is 0.233 e. The van der Waals surface area contributed by atoms with Crippen LogP contribution in [0.2, 0.25) is 0 Å². The predicted octanol–water partition coefficient (Wildman–Crippen LogP) is 1.12. The SMILES string of the molecule is C[S+]([O-])C1CC(=O)N1Cc1ccccc1. The van der Waals surface area contributed by atoms with Crippen molar-refractivity contribution in [2.24, 2.45) is 0 Å². The van der Waals surface area contributed by atoms with Gasteiger partial charge in [0.15, 0.2) is 5.37 Å². The summed E-state index contributed by atoms with van der Waals surface area (Å²) in [5.41, 5.74) is 1.08. The van der Waals surface area contributed by atoms with Crippen LogP contribution in [0.5, 0.6) is 0 Å². The fourth-order valence-electron chi connectivity index (χ4n) is 1.69. The van der Waals surface area contributed by atoms with Crippen LogP contribution >= 0.6 is 0 Å². The molecule has 2 rings (SSSR count). The molecule has 1 aliphatic rings. The van der Waals surface area contributed by atoms with Gasteiger partial charge in [-0.15, -0.1) is 0 Å². The van der Waals surface area contributed by atoms with Gasteiger partial charge in [0.2, 0.25) is 5.91 Å². The van der Waals surface area contributed by atoms with Crippen molar-refractivity contribution < 1.29 is 9.35 Å². The number of nitrogens with zero attached hydrogens (tertiary/aromatic N) is 1. The zero-order chi connectivity index (χ0) is 10.8. The number of carbonyl (C=O) groups excluding carboxylic acids is 1. The molecule has 80 valence electrons. The Morgan fingerprint density at radius 1 is 1.47 bits per heavy atom. The molecule has 0 saturated carbocycles. The highest BCUT2D eigenvalue weighted by atomic mass is 32.2. The van der Waals surface area contributed by atoms with Crippen molar-refractivity contribution in [2.45, 2.75) is 18.3 Å². The highest BCUT2D eigenvalue weighted by molar-refractivity contribution is 7.91. The van der Waals surface area contributed by atoms with E-state index in [4.69, 9.17) is 0 Å². The number of likely N-dealkylation sites (tertiary alicyclic amines) is 1. The van der Waals surface area contributed by atoms with E-state index in [1.54, 1.807) is 11.2 Å². The third kappa shape index (κ3) is 2.16. The molecule has 1 aromatic carbocycles. The van der Waals surface area contributed by atoms with Gasteiger partial charge in [0, 0.05) is 0 Å². The number of carbonyl (C=O) groups is 1. The number of hydrogen-bond acceptors (Lipinski definition) is 2. The molecule has 2 unspecified atom stereocenters. The minimum atomic E-state index is -0.943. The van der Waals surface area contributed by atoms with E-state index in [9.17, 15) is 9.35 Å². The minimum absolute atomic E-state index is 0.0855. The monoisotopic (exact) mass is 223 g/mol. The Kier molecular flexibility index (Phi) is 2.98. The molecule has 0 aromatic heterocycles. The van der Waals surface area contributed by atoms with Crippen molar-refractivity contribution in [3.8, 4) is 0 Å². The Labute approximate surface area is 92.3 Å². The molecule has 3 nitrogen and oxygen atoms in total. The Bertz CT molecular complexity index is 353. The summed E-state index contributed by atoms with van der Waals surface area (Å²) in [5, 5.41) is -0.0855. The van der Waals surface area contributed by atoms with E-state index < -0.39 is 11.2 Å².